The van der Waals surface area contributed by atoms with E-state index in [0.29, 0.717) is 17.2 Å². The van der Waals surface area contributed by atoms with E-state index in [1.165, 1.54) is 21.5 Å². The second kappa shape index (κ2) is 8.09. The maximum atomic E-state index is 13.2. The van der Waals surface area contributed by atoms with Crippen LogP contribution in [0.25, 0.3) is 10.8 Å². The first-order valence-corrected chi connectivity index (χ1v) is 22.6. The Bertz CT molecular complexity index is 874. The molecular formula is C17H18KOPUV. The Morgan fingerprint density at radius 3 is 2.64 bits per heavy atom. The van der Waals surface area contributed by atoms with Crippen molar-refractivity contribution >= 4 is 64.1 Å². The van der Waals surface area contributed by atoms with Gasteiger partial charge in [0, 0.05) is 0 Å². The van der Waals surface area contributed by atoms with E-state index in [4.69, 9.17) is 0 Å². The summed E-state index contributed by atoms with van der Waals surface area (Å²) in [5, 5.41) is 3.58. The molecule has 0 saturated heterocycles. The summed E-state index contributed by atoms with van der Waals surface area (Å²) >= 11 is -2.13. The monoisotopic (exact) mass is 597 g/mol. The van der Waals surface area contributed by atoms with Gasteiger partial charge in [-0.1, -0.05) is 0 Å². The summed E-state index contributed by atoms with van der Waals surface area (Å²) in [5.41, 5.74) is 0.424. The second-order valence-corrected chi connectivity index (χ2v) is 25.5. The van der Waals surface area contributed by atoms with E-state index in [0.717, 1.165) is 11.3 Å². The fourth-order valence-electron chi connectivity index (χ4n) is 2.91. The molecule has 2 aromatic rings. The first kappa shape index (κ1) is 18.7. The van der Waals surface area contributed by atoms with Gasteiger partial charge in [-0.2, -0.15) is 0 Å². The fraction of sp³-hybridized carbons (Fsp3) is 0.353. The first-order valence-electron chi connectivity index (χ1n) is 8.02. The average molecular weight is 597 g/mol. The summed E-state index contributed by atoms with van der Waals surface area (Å²) in [6, 6.07) is 6.82. The van der Waals surface area contributed by atoms with Crippen LogP contribution in [0.5, 0.6) is 0 Å². The second-order valence-electron chi connectivity index (χ2n) is 6.68. The Hall–Kier alpha value is 1.94. The molecular weight excluding hydrogens is 579 g/mol. The van der Waals surface area contributed by atoms with Gasteiger partial charge >= 0.3 is 176 Å². The third-order valence-corrected chi connectivity index (χ3v) is 45.1. The summed E-state index contributed by atoms with van der Waals surface area (Å²) in [6.07, 6.45) is 0. The zero-order valence-corrected chi connectivity index (χ0v) is 23.3. The van der Waals surface area contributed by atoms with Crippen LogP contribution in [-0.2, 0) is 5.84 Å². The van der Waals surface area contributed by atoms with Gasteiger partial charge in [0.15, 0.2) is 0 Å². The number of rotatable bonds is 2. The third kappa shape index (κ3) is 4.02. The summed E-state index contributed by atoms with van der Waals surface area (Å²) in [6.45, 7) is 9.16. The molecule has 1 aromatic carbocycles. The summed E-state index contributed by atoms with van der Waals surface area (Å²) in [7, 11) is 1.28. The maximum absolute atomic E-state index is 13.2. The minimum atomic E-state index is -1.18. The van der Waals surface area contributed by atoms with Crippen molar-refractivity contribution in [1.82, 2.24) is 0 Å². The molecule has 1 aliphatic heterocycles. The van der Waals surface area contributed by atoms with Crippen molar-refractivity contribution in [2.24, 2.45) is 5.92 Å². The van der Waals surface area contributed by atoms with Crippen LogP contribution in [0, 0.1) is 33.1 Å². The van der Waals surface area contributed by atoms with E-state index in [1.54, 1.807) is -0.342 Å². The minimum absolute atomic E-state index is 0.424. The number of fused-ring (bicyclic) bond motifs is 2. The molecule has 0 unspecified atom stereocenters. The van der Waals surface area contributed by atoms with Crippen molar-refractivity contribution in [1.29, 1.82) is 0 Å². The molecule has 0 saturated carbocycles. The molecule has 0 fully saturated rings. The molecule has 0 spiro atoms. The molecule has 0 amide bonds. The number of hydrogen-bond acceptors (Lipinski definition) is 1. The van der Waals surface area contributed by atoms with Gasteiger partial charge in [0.1, 0.15) is 0 Å². The molecule has 3 rings (SSSR count). The van der Waals surface area contributed by atoms with Crippen molar-refractivity contribution in [2.45, 2.75) is 33.6 Å². The molecule has 0 aliphatic carbocycles. The van der Waals surface area contributed by atoms with Crippen molar-refractivity contribution in [3.8, 4) is 0 Å². The van der Waals surface area contributed by atoms with Crippen LogP contribution in [0.1, 0.15) is 38.9 Å². The molecule has 0 atom stereocenters. The summed E-state index contributed by atoms with van der Waals surface area (Å²) < 4.78 is 4.91. The van der Waals surface area contributed by atoms with Crippen LogP contribution < -0.4 is 7.68 Å². The van der Waals surface area contributed by atoms with Crippen LogP contribution >= 0.6 is 8.19 Å². The number of hydrogen-bond donors (Lipinski definition) is 0. The van der Waals surface area contributed by atoms with Crippen LogP contribution in [0.3, 0.4) is 0 Å². The Labute approximate surface area is 172 Å². The Kier molecular flexibility index (Phi) is 6.89. The van der Waals surface area contributed by atoms with Crippen molar-refractivity contribution < 1.29 is 33.1 Å². The Balaban J connectivity index is 2.35. The van der Waals surface area contributed by atoms with Gasteiger partial charge in [0.05, 0.1) is 0 Å². The van der Waals surface area contributed by atoms with Gasteiger partial charge < -0.3 is 0 Å². The Morgan fingerprint density at radius 1 is 1.18 bits per heavy atom. The van der Waals surface area contributed by atoms with Crippen molar-refractivity contribution in [3.05, 3.63) is 39.5 Å². The predicted molar refractivity (Wildman–Crippen MR) is 91.7 cm³/mol. The quantitative estimate of drug-likeness (QED) is 0.488. The van der Waals surface area contributed by atoms with Crippen LogP contribution in [-0.4, -0.2) is 42.9 Å². The normalized spacial score (nSPS) is 13.6. The molecule has 0 N–H and O–H groups in total. The van der Waals surface area contributed by atoms with Crippen molar-refractivity contribution in [3.63, 3.8) is 0 Å². The SMILES string of the molecule is CC(C)[C]1=[U][c]2[c](ccc3cpc(C(C)C)cc3c2=O)[K]=[V]1. The molecule has 1 aromatic heterocycles. The van der Waals surface area contributed by atoms with Crippen LogP contribution in [0.2, 0.25) is 0 Å². The zero-order chi connectivity index (χ0) is 15.9. The van der Waals surface area contributed by atoms with E-state index >= 15 is 0 Å². The topological polar surface area (TPSA) is 17.1 Å². The molecule has 4 radical (unpaired) electrons. The summed E-state index contributed by atoms with van der Waals surface area (Å²) in [4.78, 5) is 13.2. The molecule has 5 heteroatoms. The van der Waals surface area contributed by atoms with E-state index in [-0.39, 0.29) is 0 Å². The predicted octanol–water partition coefficient (Wildman–Crippen LogP) is 2.74. The fourth-order valence-corrected chi connectivity index (χ4v) is 48.1. The van der Waals surface area contributed by atoms with Gasteiger partial charge in [-0.25, -0.2) is 0 Å². The van der Waals surface area contributed by atoms with Gasteiger partial charge in [0.2, 0.25) is 0 Å². The van der Waals surface area contributed by atoms with E-state index in [2.05, 4.69) is 51.7 Å². The zero-order valence-electron chi connectivity index (χ0n) is 13.8. The molecule has 2 heterocycles. The van der Waals surface area contributed by atoms with E-state index in [9.17, 15) is 4.79 Å². The molecule has 22 heavy (non-hydrogen) atoms. The van der Waals surface area contributed by atoms with Crippen molar-refractivity contribution in [2.75, 3.05) is 0 Å². The van der Waals surface area contributed by atoms with Gasteiger partial charge in [-0.05, 0) is 0 Å². The van der Waals surface area contributed by atoms with Gasteiger partial charge in [-0.3, -0.25) is 0 Å². The first-order chi connectivity index (χ1) is 10.5. The van der Waals surface area contributed by atoms with Gasteiger partial charge in [-0.15, -0.1) is 0 Å². The van der Waals surface area contributed by atoms with E-state index < -0.39 is 68.9 Å². The summed E-state index contributed by atoms with van der Waals surface area (Å²) in [5.74, 6) is 4.10. The van der Waals surface area contributed by atoms with Gasteiger partial charge in [0.25, 0.3) is 0 Å². The molecule has 0 bridgehead atoms. The molecule has 107 valence electrons. The van der Waals surface area contributed by atoms with Crippen LogP contribution in [0.4, 0.5) is 0 Å². The molecule has 1 nitrogen and oxygen atoms in total. The third-order valence-electron chi connectivity index (χ3n) is 4.32. The Morgan fingerprint density at radius 2 is 1.95 bits per heavy atom. The molecule has 1 aliphatic rings. The van der Waals surface area contributed by atoms with Crippen LogP contribution in [0.15, 0.2) is 28.8 Å². The standard InChI is InChI=1S/C13H11OP.C4H7.K.U.V/c1-9(2)13-7-11-10(8-15-13)5-3-4-6-12(11)14;1-4(2)3;;;/h3,5,7-9H,1-2H3;4H,1-2H3;;;. The average Bonchev–Trinajstić information content (AvgIpc) is 2.64. The van der Waals surface area contributed by atoms with E-state index in [1.807, 2.05) is 1.24 Å².